The molecular weight excluding hydrogens is 922 g/mol. The largest absolute Gasteiger partial charge is 0.417 e. The van der Waals surface area contributed by atoms with Crippen molar-refractivity contribution >= 4 is 50.6 Å². The van der Waals surface area contributed by atoms with Crippen LogP contribution in [-0.2, 0) is 6.18 Å². The molecule has 0 amide bonds. The molecule has 12 rings (SSSR count). The molecule has 0 spiro atoms. The van der Waals surface area contributed by atoms with Gasteiger partial charge in [-0.25, -0.2) is 15.0 Å². The van der Waals surface area contributed by atoms with Gasteiger partial charge < -0.3 is 4.57 Å². The van der Waals surface area contributed by atoms with Crippen LogP contribution in [0.4, 0.5) is 13.2 Å². The highest BCUT2D eigenvalue weighted by Crippen LogP contribution is 2.42. The van der Waals surface area contributed by atoms with Gasteiger partial charge in [-0.2, -0.15) is 13.2 Å². The van der Waals surface area contributed by atoms with E-state index in [1.54, 1.807) is 25.1 Å². The number of fused-ring (bicyclic) bond motifs is 3. The molecule has 2 heterocycles. The molecule has 0 aliphatic carbocycles. The summed E-state index contributed by atoms with van der Waals surface area (Å²) >= 11 is 0. The van der Waals surface area contributed by atoms with Gasteiger partial charge in [0.25, 0.3) is 0 Å². The van der Waals surface area contributed by atoms with Crippen LogP contribution in [0.15, 0.2) is 255 Å². The van der Waals surface area contributed by atoms with E-state index in [9.17, 15) is 13.2 Å². The lowest BCUT2D eigenvalue weighted by molar-refractivity contribution is -0.137. The molecule has 2 aromatic heterocycles. The first kappa shape index (κ1) is 45.2. The van der Waals surface area contributed by atoms with Crippen LogP contribution in [0.25, 0.3) is 83.9 Å². The summed E-state index contributed by atoms with van der Waals surface area (Å²) in [6, 6.07) is 86.2. The van der Waals surface area contributed by atoms with Crippen LogP contribution >= 0.6 is 0 Å². The molecule has 0 unspecified atom stereocenters. The molecule has 0 aliphatic heterocycles. The van der Waals surface area contributed by atoms with Crippen molar-refractivity contribution in [3.8, 4) is 62.1 Å². The fourth-order valence-electron chi connectivity index (χ4n) is 10.6. The van der Waals surface area contributed by atoms with Crippen LogP contribution in [0, 0.1) is 6.92 Å². The zero-order valence-corrected chi connectivity index (χ0v) is 40.7. The van der Waals surface area contributed by atoms with E-state index < -0.39 is 19.8 Å². The quantitative estimate of drug-likeness (QED) is 0.101. The van der Waals surface area contributed by atoms with Crippen molar-refractivity contribution in [1.29, 1.82) is 0 Å². The number of halogens is 3. The van der Waals surface area contributed by atoms with E-state index in [2.05, 4.69) is 144 Å². The zero-order valence-electron chi connectivity index (χ0n) is 39.7. The summed E-state index contributed by atoms with van der Waals surface area (Å²) in [6.07, 6.45) is -4.54. The highest BCUT2D eigenvalue weighted by molar-refractivity contribution is 7.19. The van der Waals surface area contributed by atoms with Gasteiger partial charge in [0.15, 0.2) is 25.5 Å². The van der Waals surface area contributed by atoms with E-state index in [0.717, 1.165) is 55.3 Å². The smallest absolute Gasteiger partial charge is 0.308 e. The molecule has 0 aliphatic rings. The molecule has 0 saturated carbocycles. The lowest BCUT2D eigenvalue weighted by Gasteiger charge is -2.34. The van der Waals surface area contributed by atoms with Crippen molar-refractivity contribution in [2.24, 2.45) is 0 Å². The van der Waals surface area contributed by atoms with E-state index in [0.29, 0.717) is 28.6 Å². The average Bonchev–Trinajstić information content (AvgIpc) is 3.78. The van der Waals surface area contributed by atoms with E-state index in [4.69, 9.17) is 15.0 Å². The number of hydrogen-bond donors (Lipinski definition) is 0. The highest BCUT2D eigenvalue weighted by atomic mass is 28.3. The number of aryl methyl sites for hydroxylation is 1. The van der Waals surface area contributed by atoms with Crippen LogP contribution in [0.1, 0.15) is 11.1 Å². The standard InChI is InChI=1S/C65H45F3N4Si/c1-44-34-37-54(58(40-44)65(66,67)68)49-36-39-60-57(42-49)55-32-17-18-33-59(55)72(60)61-43-48(35-38-56(61)64-70-62(45-20-7-2-8-21-45)69-63(71-64)46-22-9-3-10-23-46)47-24-19-31-53(41-47)73(50-25-11-4-12-26-50,51-27-13-5-14-28-51)52-29-15-6-16-30-52/h2-43H,1H3. The lowest BCUT2D eigenvalue weighted by Crippen LogP contribution is -2.74. The maximum atomic E-state index is 14.7. The van der Waals surface area contributed by atoms with Crippen molar-refractivity contribution in [2.45, 2.75) is 13.1 Å². The summed E-state index contributed by atoms with van der Waals surface area (Å²) in [5.74, 6) is 1.53. The fourth-order valence-corrected chi connectivity index (χ4v) is 15.4. The molecule has 0 saturated heterocycles. The van der Waals surface area contributed by atoms with Crippen molar-refractivity contribution in [3.63, 3.8) is 0 Å². The van der Waals surface area contributed by atoms with E-state index in [1.807, 2.05) is 91.0 Å². The van der Waals surface area contributed by atoms with Gasteiger partial charge in [-0.05, 0) is 86.3 Å². The summed E-state index contributed by atoms with van der Waals surface area (Å²) in [7, 11) is -2.90. The Hall–Kier alpha value is -8.98. The molecule has 4 nitrogen and oxygen atoms in total. The number of para-hydroxylation sites is 1. The summed E-state index contributed by atoms with van der Waals surface area (Å²) in [6.45, 7) is 1.68. The first-order valence-electron chi connectivity index (χ1n) is 24.2. The molecule has 0 atom stereocenters. The van der Waals surface area contributed by atoms with Crippen molar-refractivity contribution < 1.29 is 13.2 Å². The predicted octanol–water partition coefficient (Wildman–Crippen LogP) is 14.0. The molecule has 350 valence electrons. The Morgan fingerprint density at radius 2 is 0.822 bits per heavy atom. The molecule has 0 N–H and O–H groups in total. The molecule has 8 heteroatoms. The number of nitrogens with zero attached hydrogens (tertiary/aromatic N) is 4. The zero-order chi connectivity index (χ0) is 49.5. The Labute approximate surface area is 422 Å². The Kier molecular flexibility index (Phi) is 11.5. The summed E-state index contributed by atoms with van der Waals surface area (Å²) in [4.78, 5) is 15.5. The highest BCUT2D eigenvalue weighted by Gasteiger charge is 2.41. The predicted molar refractivity (Wildman–Crippen MR) is 295 cm³/mol. The summed E-state index contributed by atoms with van der Waals surface area (Å²) < 4.78 is 46.3. The van der Waals surface area contributed by atoms with Gasteiger partial charge in [0, 0.05) is 27.5 Å². The Bertz CT molecular complexity index is 3800. The van der Waals surface area contributed by atoms with Crippen molar-refractivity contribution in [1.82, 2.24) is 19.5 Å². The molecule has 0 bridgehead atoms. The maximum Gasteiger partial charge on any atom is 0.417 e. The van der Waals surface area contributed by atoms with Crippen LogP contribution in [0.2, 0.25) is 0 Å². The second-order valence-corrected chi connectivity index (χ2v) is 22.1. The third-order valence-corrected chi connectivity index (χ3v) is 18.7. The van der Waals surface area contributed by atoms with Crippen LogP contribution < -0.4 is 20.7 Å². The number of hydrogen-bond acceptors (Lipinski definition) is 3. The first-order chi connectivity index (χ1) is 35.7. The summed E-state index contributed by atoms with van der Waals surface area (Å²) in [5.41, 5.74) is 7.44. The minimum atomic E-state index is -4.54. The van der Waals surface area contributed by atoms with E-state index in [1.165, 1.54) is 26.8 Å². The number of benzene rings is 10. The van der Waals surface area contributed by atoms with Crippen LogP contribution in [0.5, 0.6) is 0 Å². The van der Waals surface area contributed by atoms with Crippen molar-refractivity contribution in [3.05, 3.63) is 266 Å². The normalized spacial score (nSPS) is 11.8. The SMILES string of the molecule is Cc1ccc(-c2ccc3c(c2)c2ccccc2n3-c2cc(-c3cccc([Si](c4ccccc4)(c4ccccc4)c4ccccc4)c3)ccc2-c2nc(-c3ccccc3)nc(-c3ccccc3)n2)c(C(F)(F)F)c1. The first-order valence-corrected chi connectivity index (χ1v) is 26.2. The summed E-state index contributed by atoms with van der Waals surface area (Å²) in [5, 5.41) is 6.77. The number of alkyl halides is 3. The van der Waals surface area contributed by atoms with Crippen LogP contribution in [0.3, 0.4) is 0 Å². The Morgan fingerprint density at radius 1 is 0.356 bits per heavy atom. The second-order valence-electron chi connectivity index (χ2n) is 18.3. The molecule has 73 heavy (non-hydrogen) atoms. The second kappa shape index (κ2) is 18.6. The van der Waals surface area contributed by atoms with Gasteiger partial charge >= 0.3 is 6.18 Å². The molecule has 0 fully saturated rings. The third kappa shape index (κ3) is 8.21. The van der Waals surface area contributed by atoms with Crippen LogP contribution in [-0.4, -0.2) is 27.6 Å². The van der Waals surface area contributed by atoms with E-state index >= 15 is 0 Å². The number of rotatable bonds is 10. The fraction of sp³-hybridized carbons (Fsp3) is 0.0308. The topological polar surface area (TPSA) is 43.6 Å². The number of aromatic nitrogens is 4. The molecule has 10 aromatic carbocycles. The van der Waals surface area contributed by atoms with Crippen molar-refractivity contribution in [2.75, 3.05) is 0 Å². The molecular formula is C65H45F3N4Si. The molecule has 12 aromatic rings. The van der Waals surface area contributed by atoms with E-state index in [-0.39, 0.29) is 5.56 Å². The minimum Gasteiger partial charge on any atom is -0.308 e. The Balaban J connectivity index is 1.13. The average molecular weight is 967 g/mol. The van der Waals surface area contributed by atoms with Gasteiger partial charge in [0.2, 0.25) is 0 Å². The third-order valence-electron chi connectivity index (χ3n) is 13.9. The van der Waals surface area contributed by atoms with Gasteiger partial charge in [0.1, 0.15) is 0 Å². The van der Waals surface area contributed by atoms with Gasteiger partial charge in [-0.1, -0.05) is 224 Å². The monoisotopic (exact) mass is 966 g/mol. The minimum absolute atomic E-state index is 0.132. The molecule has 0 radical (unpaired) electrons. The van der Waals surface area contributed by atoms with Gasteiger partial charge in [-0.15, -0.1) is 0 Å². The van der Waals surface area contributed by atoms with Gasteiger partial charge in [0.05, 0.1) is 22.3 Å². The Morgan fingerprint density at radius 3 is 1.41 bits per heavy atom. The van der Waals surface area contributed by atoms with Gasteiger partial charge in [-0.3, -0.25) is 0 Å². The maximum absolute atomic E-state index is 14.7. The lowest BCUT2D eigenvalue weighted by atomic mass is 9.96.